The van der Waals surface area contributed by atoms with E-state index in [9.17, 15) is 4.39 Å². The molecule has 40 valence electrons. The van der Waals surface area contributed by atoms with Crippen LogP contribution in [0.1, 0.15) is 0 Å². The van der Waals surface area contributed by atoms with Gasteiger partial charge in [0.2, 0.25) is 0 Å². The van der Waals surface area contributed by atoms with Crippen LogP contribution in [0.25, 0.3) is 0 Å². The Bertz CT molecular complexity index is 96.3. The van der Waals surface area contributed by atoms with Gasteiger partial charge in [-0.05, 0) is 5.57 Å². The van der Waals surface area contributed by atoms with E-state index in [4.69, 9.17) is 11.6 Å². The molecule has 0 spiro atoms. The summed E-state index contributed by atoms with van der Waals surface area (Å²) in [5, 5.41) is 0. The molecule has 0 saturated carbocycles. The maximum absolute atomic E-state index is 11.7. The Hall–Kier alpha value is -0.300. The summed E-state index contributed by atoms with van der Waals surface area (Å²) in [6.07, 6.45) is 0. The summed E-state index contributed by atoms with van der Waals surface area (Å²) in [6, 6.07) is 0. The molecule has 0 N–H and O–H groups in total. The van der Waals surface area contributed by atoms with E-state index in [0.29, 0.717) is 0 Å². The Morgan fingerprint density at radius 3 is 2.00 bits per heavy atom. The van der Waals surface area contributed by atoms with E-state index in [1.807, 2.05) is 0 Å². The fourth-order valence-electron chi connectivity index (χ4n) is 0.0725. The van der Waals surface area contributed by atoms with Crippen molar-refractivity contribution in [2.24, 2.45) is 0 Å². The maximum atomic E-state index is 11.7. The van der Waals surface area contributed by atoms with Gasteiger partial charge in [-0.1, -0.05) is 13.2 Å². The van der Waals surface area contributed by atoms with Gasteiger partial charge in [0, 0.05) is 5.88 Å². The van der Waals surface area contributed by atoms with Crippen LogP contribution in [-0.4, -0.2) is 5.88 Å². The number of hydrogen-bond donors (Lipinski definition) is 0. The van der Waals surface area contributed by atoms with Gasteiger partial charge in [0.1, 0.15) is 5.83 Å². The van der Waals surface area contributed by atoms with Crippen LogP contribution in [0, 0.1) is 0 Å². The Morgan fingerprint density at radius 1 is 1.57 bits per heavy atom. The molecular weight excluding hydrogens is 115 g/mol. The maximum Gasteiger partial charge on any atom is 0.119 e. The predicted molar refractivity (Wildman–Crippen MR) is 30.1 cm³/mol. The lowest BCUT2D eigenvalue weighted by Crippen LogP contribution is -1.78. The normalized spacial score (nSPS) is 8.29. The first-order valence-corrected chi connectivity index (χ1v) is 2.30. The highest BCUT2D eigenvalue weighted by Crippen LogP contribution is 2.06. The fraction of sp³-hybridized carbons (Fsp3) is 0.200. The summed E-state index contributed by atoms with van der Waals surface area (Å²) in [5.41, 5.74) is 0.252. The van der Waals surface area contributed by atoms with E-state index < -0.39 is 5.83 Å². The molecular formula is C5H6ClF. The molecule has 0 radical (unpaired) electrons. The van der Waals surface area contributed by atoms with Crippen LogP contribution in [0.5, 0.6) is 0 Å². The first-order valence-electron chi connectivity index (χ1n) is 1.77. The van der Waals surface area contributed by atoms with Crippen LogP contribution in [0.2, 0.25) is 0 Å². The SMILES string of the molecule is C=C(F)C(=C)CCl. The van der Waals surface area contributed by atoms with Crippen molar-refractivity contribution >= 4 is 11.6 Å². The Kier molecular flexibility index (Phi) is 2.68. The Labute approximate surface area is 47.3 Å². The molecule has 0 aromatic rings. The average molecular weight is 121 g/mol. The molecule has 2 heteroatoms. The molecule has 0 amide bonds. The number of halogens is 2. The van der Waals surface area contributed by atoms with Crippen LogP contribution in [0.3, 0.4) is 0 Å². The summed E-state index contributed by atoms with van der Waals surface area (Å²) in [4.78, 5) is 0. The summed E-state index contributed by atoms with van der Waals surface area (Å²) in [5.74, 6) is -0.412. The van der Waals surface area contributed by atoms with Gasteiger partial charge in [0.05, 0.1) is 0 Å². The first-order chi connectivity index (χ1) is 3.18. The van der Waals surface area contributed by atoms with Crippen molar-refractivity contribution in [1.82, 2.24) is 0 Å². The molecule has 0 atom stereocenters. The van der Waals surface area contributed by atoms with Crippen LogP contribution in [-0.2, 0) is 0 Å². The van der Waals surface area contributed by atoms with Crippen LogP contribution in [0.15, 0.2) is 24.6 Å². The lowest BCUT2D eigenvalue weighted by molar-refractivity contribution is 0.657. The minimum Gasteiger partial charge on any atom is -0.207 e. The zero-order valence-corrected chi connectivity index (χ0v) is 4.63. The first kappa shape index (κ1) is 6.70. The summed E-state index contributed by atoms with van der Waals surface area (Å²) in [6.45, 7) is 6.24. The van der Waals surface area contributed by atoms with Crippen LogP contribution >= 0.6 is 11.6 Å². The molecule has 0 aliphatic rings. The van der Waals surface area contributed by atoms with Gasteiger partial charge < -0.3 is 0 Å². The van der Waals surface area contributed by atoms with Crippen molar-refractivity contribution in [1.29, 1.82) is 0 Å². The molecule has 0 aromatic carbocycles. The van der Waals surface area contributed by atoms with Crippen molar-refractivity contribution < 1.29 is 4.39 Å². The van der Waals surface area contributed by atoms with Gasteiger partial charge in [-0.3, -0.25) is 0 Å². The molecule has 0 aliphatic carbocycles. The van der Waals surface area contributed by atoms with Gasteiger partial charge >= 0.3 is 0 Å². The van der Waals surface area contributed by atoms with Gasteiger partial charge in [-0.25, -0.2) is 4.39 Å². The molecule has 7 heavy (non-hydrogen) atoms. The lowest BCUT2D eigenvalue weighted by Gasteiger charge is -1.89. The minimum atomic E-state index is -0.532. The van der Waals surface area contributed by atoms with Crippen molar-refractivity contribution in [3.8, 4) is 0 Å². The van der Waals surface area contributed by atoms with E-state index in [1.165, 1.54) is 0 Å². The number of hydrogen-bond acceptors (Lipinski definition) is 0. The molecule has 0 aliphatic heterocycles. The molecule has 0 bridgehead atoms. The molecule has 0 unspecified atom stereocenters. The van der Waals surface area contributed by atoms with Gasteiger partial charge in [0.25, 0.3) is 0 Å². The third-order valence-corrected chi connectivity index (χ3v) is 0.868. The van der Waals surface area contributed by atoms with Crippen molar-refractivity contribution in [3.63, 3.8) is 0 Å². The lowest BCUT2D eigenvalue weighted by atomic mass is 10.3. The van der Waals surface area contributed by atoms with Gasteiger partial charge in [0.15, 0.2) is 0 Å². The number of rotatable bonds is 2. The standard InChI is InChI=1S/C5H6ClF/c1-4(3-6)5(2)7/h1-3H2. The molecule has 0 nitrogen and oxygen atoms in total. The number of allylic oxidation sites excluding steroid dienone is 2. The third-order valence-electron chi connectivity index (χ3n) is 0.545. The molecule has 0 rings (SSSR count). The minimum absolute atomic E-state index is 0.120. The van der Waals surface area contributed by atoms with Crippen LogP contribution < -0.4 is 0 Å². The molecule has 0 saturated heterocycles. The quantitative estimate of drug-likeness (QED) is 0.387. The van der Waals surface area contributed by atoms with Gasteiger partial charge in [-0.2, -0.15) is 0 Å². The van der Waals surface area contributed by atoms with Crippen molar-refractivity contribution in [2.75, 3.05) is 5.88 Å². The van der Waals surface area contributed by atoms with Crippen molar-refractivity contribution in [2.45, 2.75) is 0 Å². The van der Waals surface area contributed by atoms with E-state index in [-0.39, 0.29) is 11.5 Å². The zero-order valence-electron chi connectivity index (χ0n) is 3.88. The Morgan fingerprint density at radius 2 is 2.00 bits per heavy atom. The second-order valence-electron chi connectivity index (χ2n) is 1.14. The zero-order chi connectivity index (χ0) is 5.86. The second-order valence-corrected chi connectivity index (χ2v) is 1.41. The largest absolute Gasteiger partial charge is 0.207 e. The van der Waals surface area contributed by atoms with Crippen LogP contribution in [0.4, 0.5) is 4.39 Å². The number of alkyl halides is 1. The second kappa shape index (κ2) is 2.80. The summed E-state index contributed by atoms with van der Waals surface area (Å²) < 4.78 is 11.7. The molecule has 0 heterocycles. The highest BCUT2D eigenvalue weighted by Gasteiger charge is 1.91. The predicted octanol–water partition coefficient (Wildman–Crippen LogP) is 2.26. The fourth-order valence-corrected chi connectivity index (χ4v) is 0.217. The van der Waals surface area contributed by atoms with Gasteiger partial charge in [-0.15, -0.1) is 11.6 Å². The van der Waals surface area contributed by atoms with E-state index in [0.717, 1.165) is 0 Å². The van der Waals surface area contributed by atoms with E-state index >= 15 is 0 Å². The summed E-state index contributed by atoms with van der Waals surface area (Å²) >= 11 is 5.15. The topological polar surface area (TPSA) is 0 Å². The third kappa shape index (κ3) is 2.40. The highest BCUT2D eigenvalue weighted by molar-refractivity contribution is 6.19. The average Bonchev–Trinajstić information content (AvgIpc) is 1.65. The molecule has 0 fully saturated rings. The van der Waals surface area contributed by atoms with E-state index in [1.54, 1.807) is 0 Å². The van der Waals surface area contributed by atoms with Crippen molar-refractivity contribution in [3.05, 3.63) is 24.6 Å². The smallest absolute Gasteiger partial charge is 0.119 e. The Balaban J connectivity index is 3.58. The van der Waals surface area contributed by atoms with E-state index in [2.05, 4.69) is 13.2 Å². The summed E-state index contributed by atoms with van der Waals surface area (Å²) in [7, 11) is 0. The molecule has 0 aromatic heterocycles. The highest BCUT2D eigenvalue weighted by atomic mass is 35.5. The monoisotopic (exact) mass is 120 g/mol.